The number of nitrogens with one attached hydrogen (secondary N) is 1. The minimum Gasteiger partial charge on any atom is -0.399 e. The second-order valence-corrected chi connectivity index (χ2v) is 3.83. The fourth-order valence-electron chi connectivity index (χ4n) is 1.66. The van der Waals surface area contributed by atoms with E-state index >= 15 is 0 Å². The van der Waals surface area contributed by atoms with Crippen LogP contribution in [0.5, 0.6) is 0 Å². The van der Waals surface area contributed by atoms with E-state index in [1.54, 1.807) is 6.20 Å². The lowest BCUT2D eigenvalue weighted by Crippen LogP contribution is -2.10. The predicted molar refractivity (Wildman–Crippen MR) is 66.3 cm³/mol. The Hall–Kier alpha value is -1.97. The molecule has 0 atom stereocenters. The Morgan fingerprint density at radius 1 is 1.38 bits per heavy atom. The first-order valence-electron chi connectivity index (χ1n) is 5.32. The molecule has 2 aromatic rings. The third-order valence-corrected chi connectivity index (χ3v) is 2.33. The van der Waals surface area contributed by atoms with Crippen LogP contribution in [0.15, 0.2) is 36.7 Å². The summed E-state index contributed by atoms with van der Waals surface area (Å²) in [7, 11) is 0. The van der Waals surface area contributed by atoms with E-state index in [1.807, 2.05) is 36.0 Å². The number of hydrogen-bond donors (Lipinski definition) is 2. The smallest absolute Gasteiger partial charge is 0.0582 e. The quantitative estimate of drug-likeness (QED) is 0.767. The van der Waals surface area contributed by atoms with Gasteiger partial charge in [0.05, 0.1) is 6.54 Å². The maximum atomic E-state index is 5.77. The predicted octanol–water partition coefficient (Wildman–Crippen LogP) is 1.89. The Kier molecular flexibility index (Phi) is 3.10. The molecule has 1 aromatic heterocycles. The molecule has 0 aliphatic heterocycles. The van der Waals surface area contributed by atoms with Gasteiger partial charge in [0.15, 0.2) is 0 Å². The van der Waals surface area contributed by atoms with Crippen LogP contribution in [0.3, 0.4) is 0 Å². The molecule has 0 spiro atoms. The lowest BCUT2D eigenvalue weighted by molar-refractivity contribution is 0.638. The van der Waals surface area contributed by atoms with Gasteiger partial charge in [0.2, 0.25) is 0 Å². The van der Waals surface area contributed by atoms with Crippen LogP contribution in [0.4, 0.5) is 11.4 Å². The number of nitrogens with two attached hydrogens (primary N) is 1. The molecule has 0 saturated heterocycles. The summed E-state index contributed by atoms with van der Waals surface area (Å²) in [5.74, 6) is 0. The van der Waals surface area contributed by atoms with E-state index in [0.29, 0.717) is 0 Å². The van der Waals surface area contributed by atoms with Gasteiger partial charge in [-0.2, -0.15) is 5.10 Å². The molecule has 4 heteroatoms. The lowest BCUT2D eigenvalue weighted by atomic mass is 10.2. The van der Waals surface area contributed by atoms with E-state index in [1.165, 1.54) is 5.56 Å². The van der Waals surface area contributed by atoms with Gasteiger partial charge in [-0.15, -0.1) is 0 Å². The molecule has 0 aliphatic carbocycles. The van der Waals surface area contributed by atoms with Gasteiger partial charge in [0.1, 0.15) is 0 Å². The minimum atomic E-state index is 0.793. The topological polar surface area (TPSA) is 55.9 Å². The normalized spacial score (nSPS) is 10.3. The average Bonchev–Trinajstić information content (AvgIpc) is 2.69. The zero-order valence-electron chi connectivity index (χ0n) is 9.35. The van der Waals surface area contributed by atoms with Gasteiger partial charge in [0, 0.05) is 30.3 Å². The van der Waals surface area contributed by atoms with Gasteiger partial charge in [-0.3, -0.25) is 4.68 Å². The molecule has 1 heterocycles. The van der Waals surface area contributed by atoms with Crippen molar-refractivity contribution in [2.24, 2.45) is 0 Å². The van der Waals surface area contributed by atoms with Crippen LogP contribution in [0.2, 0.25) is 0 Å². The van der Waals surface area contributed by atoms with Crippen molar-refractivity contribution in [3.8, 4) is 0 Å². The molecule has 4 nitrogen and oxygen atoms in total. The van der Waals surface area contributed by atoms with E-state index in [0.717, 1.165) is 24.5 Å². The van der Waals surface area contributed by atoms with Gasteiger partial charge < -0.3 is 11.1 Å². The van der Waals surface area contributed by atoms with Crippen LogP contribution < -0.4 is 11.1 Å². The first kappa shape index (κ1) is 10.5. The standard InChI is InChI=1S/C12H16N4/c1-10-7-11(13)9-12(8-10)14-4-6-16-5-2-3-15-16/h2-3,5,7-9,14H,4,6,13H2,1H3. The van der Waals surface area contributed by atoms with Gasteiger partial charge >= 0.3 is 0 Å². The number of aromatic nitrogens is 2. The fraction of sp³-hybridized carbons (Fsp3) is 0.250. The summed E-state index contributed by atoms with van der Waals surface area (Å²) in [6.45, 7) is 3.72. The number of aryl methyl sites for hydroxylation is 1. The van der Waals surface area contributed by atoms with Crippen LogP contribution in [0.25, 0.3) is 0 Å². The summed E-state index contributed by atoms with van der Waals surface area (Å²) in [6, 6.07) is 7.90. The number of benzene rings is 1. The van der Waals surface area contributed by atoms with E-state index in [2.05, 4.69) is 16.5 Å². The Morgan fingerprint density at radius 2 is 2.25 bits per heavy atom. The van der Waals surface area contributed by atoms with Gasteiger partial charge in [-0.05, 0) is 36.8 Å². The SMILES string of the molecule is Cc1cc(N)cc(NCCn2cccn2)c1. The number of rotatable bonds is 4. The molecule has 0 bridgehead atoms. The zero-order valence-corrected chi connectivity index (χ0v) is 9.35. The molecule has 3 N–H and O–H groups in total. The van der Waals surface area contributed by atoms with Crippen molar-refractivity contribution >= 4 is 11.4 Å². The summed E-state index contributed by atoms with van der Waals surface area (Å²) < 4.78 is 1.89. The largest absolute Gasteiger partial charge is 0.399 e. The van der Waals surface area contributed by atoms with E-state index in [-0.39, 0.29) is 0 Å². The summed E-state index contributed by atoms with van der Waals surface area (Å²) in [4.78, 5) is 0. The maximum absolute atomic E-state index is 5.77. The summed E-state index contributed by atoms with van der Waals surface area (Å²) >= 11 is 0. The minimum absolute atomic E-state index is 0.793. The van der Waals surface area contributed by atoms with Crippen molar-refractivity contribution in [1.29, 1.82) is 0 Å². The van der Waals surface area contributed by atoms with Crippen molar-refractivity contribution in [2.75, 3.05) is 17.6 Å². The van der Waals surface area contributed by atoms with Crippen LogP contribution >= 0.6 is 0 Å². The monoisotopic (exact) mass is 216 g/mol. The number of nitrogen functional groups attached to an aromatic ring is 1. The number of anilines is 2. The molecule has 0 aliphatic rings. The highest BCUT2D eigenvalue weighted by Crippen LogP contribution is 2.15. The van der Waals surface area contributed by atoms with Crippen LogP contribution in [0.1, 0.15) is 5.56 Å². The molecular formula is C12H16N4. The molecule has 16 heavy (non-hydrogen) atoms. The van der Waals surface area contributed by atoms with Crippen LogP contribution in [-0.2, 0) is 6.54 Å². The summed E-state index contributed by atoms with van der Waals surface area (Å²) in [6.07, 6.45) is 3.73. The molecule has 0 saturated carbocycles. The van der Waals surface area contributed by atoms with Crippen molar-refractivity contribution < 1.29 is 0 Å². The molecule has 1 aromatic carbocycles. The molecule has 84 valence electrons. The second-order valence-electron chi connectivity index (χ2n) is 3.83. The van der Waals surface area contributed by atoms with E-state index < -0.39 is 0 Å². The number of hydrogen-bond acceptors (Lipinski definition) is 3. The average molecular weight is 216 g/mol. The lowest BCUT2D eigenvalue weighted by Gasteiger charge is -2.08. The first-order chi connectivity index (χ1) is 7.74. The van der Waals surface area contributed by atoms with Crippen molar-refractivity contribution in [2.45, 2.75) is 13.5 Å². The van der Waals surface area contributed by atoms with Crippen LogP contribution in [-0.4, -0.2) is 16.3 Å². The van der Waals surface area contributed by atoms with Gasteiger partial charge in [-0.25, -0.2) is 0 Å². The second kappa shape index (κ2) is 4.70. The molecule has 0 fully saturated rings. The Labute approximate surface area is 95.1 Å². The number of nitrogens with zero attached hydrogens (tertiary/aromatic N) is 2. The summed E-state index contributed by atoms with van der Waals surface area (Å²) in [5.41, 5.74) is 8.79. The molecule has 0 radical (unpaired) electrons. The third-order valence-electron chi connectivity index (χ3n) is 2.33. The van der Waals surface area contributed by atoms with Crippen molar-refractivity contribution in [3.63, 3.8) is 0 Å². The highest BCUT2D eigenvalue weighted by Gasteiger charge is 1.96. The van der Waals surface area contributed by atoms with E-state index in [4.69, 9.17) is 5.73 Å². The Morgan fingerprint density at radius 3 is 2.94 bits per heavy atom. The first-order valence-corrected chi connectivity index (χ1v) is 5.32. The van der Waals surface area contributed by atoms with Crippen molar-refractivity contribution in [1.82, 2.24) is 9.78 Å². The fourth-order valence-corrected chi connectivity index (χ4v) is 1.66. The van der Waals surface area contributed by atoms with Crippen molar-refractivity contribution in [3.05, 3.63) is 42.2 Å². The molecule has 2 rings (SSSR count). The molecule has 0 amide bonds. The highest BCUT2D eigenvalue weighted by atomic mass is 15.3. The zero-order chi connectivity index (χ0) is 11.4. The Bertz CT molecular complexity index is 428. The van der Waals surface area contributed by atoms with E-state index in [9.17, 15) is 0 Å². The van der Waals surface area contributed by atoms with Gasteiger partial charge in [-0.1, -0.05) is 0 Å². The molecule has 0 unspecified atom stereocenters. The van der Waals surface area contributed by atoms with Gasteiger partial charge in [0.25, 0.3) is 0 Å². The third kappa shape index (κ3) is 2.76. The Balaban J connectivity index is 1.89. The maximum Gasteiger partial charge on any atom is 0.0582 e. The summed E-state index contributed by atoms with van der Waals surface area (Å²) in [5, 5.41) is 7.46. The van der Waals surface area contributed by atoms with Crippen LogP contribution in [0, 0.1) is 6.92 Å². The highest BCUT2D eigenvalue weighted by molar-refractivity contribution is 5.56. The molecular weight excluding hydrogens is 200 g/mol.